The van der Waals surface area contributed by atoms with Gasteiger partial charge in [-0.2, -0.15) is 11.3 Å². The molecule has 0 fully saturated rings. The predicted octanol–water partition coefficient (Wildman–Crippen LogP) is 3.76. The summed E-state index contributed by atoms with van der Waals surface area (Å²) in [6.45, 7) is 2.35. The number of carboxylic acids is 1. The first-order chi connectivity index (χ1) is 16.4. The second-order valence-electron chi connectivity index (χ2n) is 7.88. The standard InChI is InChI=1S/C25H28N4O4S/c1-17-8-11-27-22(13-17)26-10-2-3-23(30)28-15-24(31)29-21(14-25(32)33)19-6-4-18(5-7-19)20-9-12-34-16-20/h4-9,11-13,16,21H,2-3,10,14-15H2,1H3,(H,26,27)(H,28,30)(H,29,31)(H,32,33). The van der Waals surface area contributed by atoms with Crippen molar-refractivity contribution in [3.05, 3.63) is 70.5 Å². The van der Waals surface area contributed by atoms with Crippen LogP contribution in [0.4, 0.5) is 5.82 Å². The van der Waals surface area contributed by atoms with Crippen LogP contribution in [-0.2, 0) is 14.4 Å². The number of nitrogens with zero attached hydrogens (tertiary/aromatic N) is 1. The minimum absolute atomic E-state index is 0.213. The molecule has 0 aliphatic heterocycles. The summed E-state index contributed by atoms with van der Waals surface area (Å²) in [5, 5.41) is 21.7. The van der Waals surface area contributed by atoms with Crippen molar-refractivity contribution >= 4 is 34.9 Å². The van der Waals surface area contributed by atoms with Gasteiger partial charge in [0.05, 0.1) is 19.0 Å². The summed E-state index contributed by atoms with van der Waals surface area (Å²) < 4.78 is 0. The third-order valence-corrected chi connectivity index (χ3v) is 5.81. The van der Waals surface area contributed by atoms with E-state index in [0.29, 0.717) is 18.5 Å². The van der Waals surface area contributed by atoms with Gasteiger partial charge in [-0.15, -0.1) is 0 Å². The number of amides is 2. The molecule has 9 heteroatoms. The molecule has 2 heterocycles. The molecule has 2 amide bonds. The highest BCUT2D eigenvalue weighted by molar-refractivity contribution is 7.08. The molecule has 0 aliphatic rings. The van der Waals surface area contributed by atoms with E-state index in [4.69, 9.17) is 0 Å². The monoisotopic (exact) mass is 480 g/mol. The molecule has 178 valence electrons. The van der Waals surface area contributed by atoms with Gasteiger partial charge < -0.3 is 21.1 Å². The van der Waals surface area contributed by atoms with E-state index < -0.39 is 17.9 Å². The fraction of sp³-hybridized carbons (Fsp3) is 0.280. The van der Waals surface area contributed by atoms with Gasteiger partial charge in [-0.3, -0.25) is 14.4 Å². The molecule has 4 N–H and O–H groups in total. The Bertz CT molecular complexity index is 1100. The second-order valence-corrected chi connectivity index (χ2v) is 8.66. The number of benzene rings is 1. The number of hydrogen-bond donors (Lipinski definition) is 4. The number of carbonyl (C=O) groups excluding carboxylic acids is 2. The van der Waals surface area contributed by atoms with Crippen LogP contribution < -0.4 is 16.0 Å². The third-order valence-electron chi connectivity index (χ3n) is 5.13. The van der Waals surface area contributed by atoms with Gasteiger partial charge in [0.25, 0.3) is 0 Å². The molecule has 3 aromatic rings. The molecule has 1 atom stereocenters. The van der Waals surface area contributed by atoms with Gasteiger partial charge in [0.1, 0.15) is 5.82 Å². The SMILES string of the molecule is Cc1ccnc(NCCCC(=O)NCC(=O)NC(CC(=O)O)c2ccc(-c3ccsc3)cc2)c1. The first kappa shape index (κ1) is 24.9. The fourth-order valence-electron chi connectivity index (χ4n) is 3.37. The Morgan fingerprint density at radius 3 is 2.53 bits per heavy atom. The number of rotatable bonds is 12. The maximum atomic E-state index is 12.4. The third kappa shape index (κ3) is 8.00. The van der Waals surface area contributed by atoms with Crippen molar-refractivity contribution in [1.82, 2.24) is 15.6 Å². The number of thiophene rings is 1. The van der Waals surface area contributed by atoms with E-state index in [1.54, 1.807) is 17.5 Å². The molecule has 8 nitrogen and oxygen atoms in total. The number of aliphatic carboxylic acids is 1. The average molecular weight is 481 g/mol. The number of pyridine rings is 1. The first-order valence-electron chi connectivity index (χ1n) is 11.0. The topological polar surface area (TPSA) is 120 Å². The van der Waals surface area contributed by atoms with Crippen LogP contribution in [0.15, 0.2) is 59.4 Å². The predicted molar refractivity (Wildman–Crippen MR) is 133 cm³/mol. The Hall–Kier alpha value is -3.72. The molecule has 1 aromatic carbocycles. The van der Waals surface area contributed by atoms with Crippen LogP contribution in [0.2, 0.25) is 0 Å². The Morgan fingerprint density at radius 1 is 1.06 bits per heavy atom. The maximum Gasteiger partial charge on any atom is 0.305 e. The minimum atomic E-state index is -1.02. The van der Waals surface area contributed by atoms with Crippen molar-refractivity contribution in [1.29, 1.82) is 0 Å². The fourth-order valence-corrected chi connectivity index (χ4v) is 4.04. The molecule has 0 spiro atoms. The van der Waals surface area contributed by atoms with Gasteiger partial charge in [-0.25, -0.2) is 4.98 Å². The summed E-state index contributed by atoms with van der Waals surface area (Å²) in [5.74, 6) is -0.952. The smallest absolute Gasteiger partial charge is 0.305 e. The molecule has 0 saturated carbocycles. The van der Waals surface area contributed by atoms with Crippen molar-refractivity contribution < 1.29 is 19.5 Å². The number of carbonyl (C=O) groups is 3. The van der Waals surface area contributed by atoms with Gasteiger partial charge in [0.2, 0.25) is 11.8 Å². The summed E-state index contributed by atoms with van der Waals surface area (Å²) in [7, 11) is 0. The molecule has 1 unspecified atom stereocenters. The normalized spacial score (nSPS) is 11.4. The molecule has 3 rings (SSSR count). The van der Waals surface area contributed by atoms with Crippen LogP contribution in [0.3, 0.4) is 0 Å². The highest BCUT2D eigenvalue weighted by atomic mass is 32.1. The highest BCUT2D eigenvalue weighted by Crippen LogP contribution is 2.25. The lowest BCUT2D eigenvalue weighted by Gasteiger charge is -2.18. The Balaban J connectivity index is 1.44. The van der Waals surface area contributed by atoms with Gasteiger partial charge in [0.15, 0.2) is 0 Å². The van der Waals surface area contributed by atoms with E-state index in [-0.39, 0.29) is 25.3 Å². The maximum absolute atomic E-state index is 12.4. The summed E-state index contributed by atoms with van der Waals surface area (Å²) in [6.07, 6.45) is 2.31. The van der Waals surface area contributed by atoms with Crippen LogP contribution in [0.1, 0.15) is 36.4 Å². The molecule has 0 aliphatic carbocycles. The number of hydrogen-bond acceptors (Lipinski definition) is 6. The number of carboxylic acid groups (broad SMARTS) is 1. The largest absolute Gasteiger partial charge is 0.481 e. The van der Waals surface area contributed by atoms with Gasteiger partial charge in [0, 0.05) is 19.2 Å². The van der Waals surface area contributed by atoms with E-state index in [1.807, 2.05) is 60.1 Å². The van der Waals surface area contributed by atoms with Crippen molar-refractivity contribution in [2.24, 2.45) is 0 Å². The van der Waals surface area contributed by atoms with Gasteiger partial charge in [-0.05, 0) is 64.6 Å². The lowest BCUT2D eigenvalue weighted by molar-refractivity contribution is -0.138. The average Bonchev–Trinajstić information content (AvgIpc) is 3.35. The van der Waals surface area contributed by atoms with E-state index in [0.717, 1.165) is 22.5 Å². The number of aryl methyl sites for hydroxylation is 1. The van der Waals surface area contributed by atoms with Crippen LogP contribution >= 0.6 is 11.3 Å². The zero-order valence-electron chi connectivity index (χ0n) is 18.9. The van der Waals surface area contributed by atoms with Crippen molar-refractivity contribution in [3.63, 3.8) is 0 Å². The summed E-state index contributed by atoms with van der Waals surface area (Å²) in [4.78, 5) is 40.0. The summed E-state index contributed by atoms with van der Waals surface area (Å²) >= 11 is 1.60. The van der Waals surface area contributed by atoms with Crippen LogP contribution in [0, 0.1) is 6.92 Å². The van der Waals surface area contributed by atoms with Crippen molar-refractivity contribution in [3.8, 4) is 11.1 Å². The first-order valence-corrected chi connectivity index (χ1v) is 11.9. The molecule has 0 bridgehead atoms. The zero-order valence-corrected chi connectivity index (χ0v) is 19.7. The summed E-state index contributed by atoms with van der Waals surface area (Å²) in [6, 6.07) is 12.6. The lowest BCUT2D eigenvalue weighted by atomic mass is 10.00. The number of aromatic nitrogens is 1. The van der Waals surface area contributed by atoms with E-state index >= 15 is 0 Å². The van der Waals surface area contributed by atoms with Crippen LogP contribution in [-0.4, -0.2) is 41.0 Å². The summed E-state index contributed by atoms with van der Waals surface area (Å²) in [5.41, 5.74) is 3.89. The van der Waals surface area contributed by atoms with Crippen LogP contribution in [0.25, 0.3) is 11.1 Å². The number of nitrogens with one attached hydrogen (secondary N) is 3. The van der Waals surface area contributed by atoms with Crippen molar-refractivity contribution in [2.45, 2.75) is 32.2 Å². The Labute approximate surface area is 202 Å². The Kier molecular flexibility index (Phi) is 9.16. The van der Waals surface area contributed by atoms with Gasteiger partial charge >= 0.3 is 5.97 Å². The molecular weight excluding hydrogens is 452 g/mol. The van der Waals surface area contributed by atoms with E-state index in [9.17, 15) is 19.5 Å². The van der Waals surface area contributed by atoms with E-state index in [1.165, 1.54) is 0 Å². The van der Waals surface area contributed by atoms with Gasteiger partial charge in [-0.1, -0.05) is 24.3 Å². The molecular formula is C25H28N4O4S. The molecule has 0 radical (unpaired) electrons. The zero-order chi connectivity index (χ0) is 24.3. The molecule has 34 heavy (non-hydrogen) atoms. The quantitative estimate of drug-likeness (QED) is 0.293. The lowest BCUT2D eigenvalue weighted by Crippen LogP contribution is -2.39. The van der Waals surface area contributed by atoms with E-state index in [2.05, 4.69) is 20.9 Å². The molecule has 2 aromatic heterocycles. The van der Waals surface area contributed by atoms with Crippen molar-refractivity contribution in [2.75, 3.05) is 18.4 Å². The second kappa shape index (κ2) is 12.5. The minimum Gasteiger partial charge on any atom is -0.481 e. The van der Waals surface area contributed by atoms with Crippen LogP contribution in [0.5, 0.6) is 0 Å². The molecule has 0 saturated heterocycles. The highest BCUT2D eigenvalue weighted by Gasteiger charge is 2.18. The number of anilines is 1. The Morgan fingerprint density at radius 2 is 1.85 bits per heavy atom.